The van der Waals surface area contributed by atoms with Gasteiger partial charge >= 0.3 is 11.9 Å². The van der Waals surface area contributed by atoms with Gasteiger partial charge in [-0.3, -0.25) is 4.79 Å². The Hall–Kier alpha value is -4.44. The Bertz CT molecular complexity index is 1950. The minimum absolute atomic E-state index is 0.127. The van der Waals surface area contributed by atoms with Gasteiger partial charge in [0, 0.05) is 51.9 Å². The second kappa shape index (κ2) is 13.1. The van der Waals surface area contributed by atoms with Crippen LogP contribution in [0.4, 0.5) is 15.8 Å². The van der Waals surface area contributed by atoms with Gasteiger partial charge in [0.25, 0.3) is 0 Å². The van der Waals surface area contributed by atoms with Crippen LogP contribution in [0.2, 0.25) is 10.0 Å². The van der Waals surface area contributed by atoms with Gasteiger partial charge in [-0.2, -0.15) is 0 Å². The molecule has 2 aliphatic heterocycles. The number of benzene rings is 4. The molecular formula is C38H36Cl2FN3O5. The van der Waals surface area contributed by atoms with Crippen molar-refractivity contribution in [2.24, 2.45) is 5.41 Å². The van der Waals surface area contributed by atoms with Gasteiger partial charge in [0.1, 0.15) is 5.82 Å². The van der Waals surface area contributed by atoms with Crippen LogP contribution < -0.4 is 15.5 Å². The highest BCUT2D eigenvalue weighted by Crippen LogP contribution is 2.58. The van der Waals surface area contributed by atoms with Gasteiger partial charge in [-0.25, -0.2) is 14.0 Å². The van der Waals surface area contributed by atoms with Crippen molar-refractivity contribution in [2.75, 3.05) is 16.8 Å². The van der Waals surface area contributed by atoms with E-state index in [-0.39, 0.29) is 22.7 Å². The molecule has 1 saturated heterocycles. The van der Waals surface area contributed by atoms with Crippen LogP contribution in [0.1, 0.15) is 70.5 Å². The lowest BCUT2D eigenvalue weighted by Crippen LogP contribution is -2.48. The molecule has 8 nitrogen and oxygen atoms in total. The summed E-state index contributed by atoms with van der Waals surface area (Å²) in [4.78, 5) is 39.6. The number of carboxylic acids is 2. The van der Waals surface area contributed by atoms with E-state index in [1.54, 1.807) is 30.3 Å². The average Bonchev–Trinajstić information content (AvgIpc) is 3.50. The summed E-state index contributed by atoms with van der Waals surface area (Å²) in [5.74, 6) is -4.30. The van der Waals surface area contributed by atoms with Crippen LogP contribution in [0.5, 0.6) is 0 Å². The van der Waals surface area contributed by atoms with Crippen LogP contribution in [0.3, 0.4) is 0 Å². The minimum atomic E-state index is -1.40. The number of amides is 1. The van der Waals surface area contributed by atoms with Crippen LogP contribution in [-0.4, -0.2) is 46.7 Å². The molecule has 0 aromatic heterocycles. The second-order valence-corrected chi connectivity index (χ2v) is 14.9. The average molecular weight is 705 g/mol. The third kappa shape index (κ3) is 6.63. The number of halogens is 3. The molecule has 4 aromatic carbocycles. The largest absolute Gasteiger partial charge is 0.478 e. The van der Waals surface area contributed by atoms with Crippen molar-refractivity contribution in [1.29, 1.82) is 0 Å². The molecule has 1 spiro atoms. The third-order valence-corrected chi connectivity index (χ3v) is 10.1. The Morgan fingerprint density at radius 1 is 0.959 bits per heavy atom. The molecule has 4 N–H and O–H groups in total. The number of carbonyl (C=O) groups excluding carboxylic acids is 1. The molecule has 0 aliphatic carbocycles. The normalized spacial score (nSPS) is 21.5. The Balaban J connectivity index is 1.49. The van der Waals surface area contributed by atoms with Crippen molar-refractivity contribution in [3.8, 4) is 0 Å². The summed E-state index contributed by atoms with van der Waals surface area (Å²) in [6.45, 7) is 7.38. The van der Waals surface area contributed by atoms with E-state index >= 15 is 0 Å². The molecule has 1 amide bonds. The maximum atomic E-state index is 14.7. The van der Waals surface area contributed by atoms with Gasteiger partial charge in [0.15, 0.2) is 0 Å². The zero-order valence-corrected chi connectivity index (χ0v) is 28.6. The van der Waals surface area contributed by atoms with Crippen LogP contribution in [0.15, 0.2) is 84.9 Å². The zero-order valence-electron chi connectivity index (χ0n) is 27.1. The maximum absolute atomic E-state index is 14.7. The van der Waals surface area contributed by atoms with Gasteiger partial charge in [-0.05, 0) is 83.1 Å². The number of nitrogens with one attached hydrogen (secondary N) is 2. The Kier molecular flexibility index (Phi) is 9.21. The van der Waals surface area contributed by atoms with Gasteiger partial charge in [-0.1, -0.05) is 74.3 Å². The molecular weight excluding hydrogens is 668 g/mol. The minimum Gasteiger partial charge on any atom is -0.478 e. The highest BCUT2D eigenvalue weighted by Gasteiger charge is 2.62. The van der Waals surface area contributed by atoms with Crippen molar-refractivity contribution in [2.45, 2.75) is 57.2 Å². The number of anilines is 2. The number of hydrogen-bond acceptors (Lipinski definition) is 5. The fourth-order valence-electron chi connectivity index (χ4n) is 7.55. The summed E-state index contributed by atoms with van der Waals surface area (Å²) in [5, 5.41) is 26.3. The summed E-state index contributed by atoms with van der Waals surface area (Å²) >= 11 is 13.7. The molecule has 6 rings (SSSR count). The number of rotatable bonds is 8. The van der Waals surface area contributed by atoms with Gasteiger partial charge < -0.3 is 25.7 Å². The highest BCUT2D eigenvalue weighted by atomic mass is 35.5. The summed E-state index contributed by atoms with van der Waals surface area (Å²) in [6, 6.07) is 22.4. The molecule has 0 unspecified atom stereocenters. The van der Waals surface area contributed by atoms with E-state index in [1.165, 1.54) is 6.07 Å². The number of carboxylic acid groups (broad SMARTS) is 2. The van der Waals surface area contributed by atoms with Crippen molar-refractivity contribution >= 4 is 52.4 Å². The standard InChI is InChI=1S/C38H36Cl2FN3O5/c1-37(2,3)18-31-38(20-44(30-15-12-23(39)16-27(30)38)19-21-8-10-22(11-9-21)35(46)47)32(25-6-4-5-7-28(25)40)33(43-31)34(45)42-24-13-14-26(36(48)49)29(41)17-24/h4-17,31-33,43H,18-20H2,1-3H3,(H,42,45)(H,46,47)(H,48,49)/t31-,32-,33+,38-/m0/s1. The van der Waals surface area contributed by atoms with Gasteiger partial charge in [0.05, 0.1) is 17.2 Å². The van der Waals surface area contributed by atoms with Crippen LogP contribution >= 0.6 is 23.2 Å². The van der Waals surface area contributed by atoms with E-state index < -0.39 is 46.6 Å². The van der Waals surface area contributed by atoms with Crippen molar-refractivity contribution in [3.05, 3.63) is 129 Å². The second-order valence-electron chi connectivity index (χ2n) is 14.0. The first-order valence-electron chi connectivity index (χ1n) is 15.9. The quantitative estimate of drug-likeness (QED) is 0.147. The van der Waals surface area contributed by atoms with Gasteiger partial charge in [0.2, 0.25) is 5.91 Å². The van der Waals surface area contributed by atoms with E-state index in [0.717, 1.165) is 34.5 Å². The summed E-state index contributed by atoms with van der Waals surface area (Å²) < 4.78 is 14.7. The molecule has 4 atom stereocenters. The van der Waals surface area contributed by atoms with Crippen LogP contribution in [-0.2, 0) is 16.8 Å². The lowest BCUT2D eigenvalue weighted by Gasteiger charge is -2.40. The maximum Gasteiger partial charge on any atom is 0.338 e. The molecule has 49 heavy (non-hydrogen) atoms. The molecule has 2 aliphatic rings. The van der Waals surface area contributed by atoms with Crippen molar-refractivity contribution in [3.63, 3.8) is 0 Å². The molecule has 0 bridgehead atoms. The molecule has 0 radical (unpaired) electrons. The molecule has 4 aromatic rings. The summed E-state index contributed by atoms with van der Waals surface area (Å²) in [5.41, 5.74) is 2.50. The van der Waals surface area contributed by atoms with E-state index in [1.807, 2.05) is 36.4 Å². The topological polar surface area (TPSA) is 119 Å². The number of fused-ring (bicyclic) bond motifs is 2. The van der Waals surface area contributed by atoms with Crippen molar-refractivity contribution in [1.82, 2.24) is 5.32 Å². The Morgan fingerprint density at radius 2 is 1.67 bits per heavy atom. The first-order valence-corrected chi connectivity index (χ1v) is 16.6. The molecule has 254 valence electrons. The highest BCUT2D eigenvalue weighted by molar-refractivity contribution is 6.31. The van der Waals surface area contributed by atoms with Crippen LogP contribution in [0, 0.1) is 11.2 Å². The van der Waals surface area contributed by atoms with Gasteiger partial charge in [-0.15, -0.1) is 0 Å². The van der Waals surface area contributed by atoms with Crippen LogP contribution in [0.25, 0.3) is 0 Å². The lowest BCUT2D eigenvalue weighted by atomic mass is 9.63. The number of hydrogen-bond donors (Lipinski definition) is 4. The van der Waals surface area contributed by atoms with E-state index in [4.69, 9.17) is 23.2 Å². The van der Waals surface area contributed by atoms with E-state index in [0.29, 0.717) is 29.6 Å². The molecule has 11 heteroatoms. The zero-order chi connectivity index (χ0) is 35.2. The lowest BCUT2D eigenvalue weighted by molar-refractivity contribution is -0.118. The monoisotopic (exact) mass is 703 g/mol. The molecule has 2 heterocycles. The number of carbonyl (C=O) groups is 3. The smallest absolute Gasteiger partial charge is 0.338 e. The SMILES string of the molecule is CC(C)(C)C[C@@H]1N[C@@H](C(=O)Nc2ccc(C(=O)O)c(F)c2)[C@H](c2ccccc2Cl)[C@]12CN(Cc1ccc(C(=O)O)cc1)c1ccc(Cl)cc12. The number of aromatic carboxylic acids is 2. The first-order chi connectivity index (χ1) is 23.2. The first kappa shape index (κ1) is 34.4. The summed E-state index contributed by atoms with van der Waals surface area (Å²) in [7, 11) is 0. The number of nitrogens with zero attached hydrogens (tertiary/aromatic N) is 1. The van der Waals surface area contributed by atoms with E-state index in [2.05, 4.69) is 36.3 Å². The summed E-state index contributed by atoms with van der Waals surface area (Å²) in [6.07, 6.45) is 0.673. The Morgan fingerprint density at radius 3 is 2.31 bits per heavy atom. The fraction of sp³-hybridized carbons (Fsp3) is 0.289. The fourth-order valence-corrected chi connectivity index (χ4v) is 7.97. The van der Waals surface area contributed by atoms with E-state index in [9.17, 15) is 29.0 Å². The van der Waals surface area contributed by atoms with Crippen molar-refractivity contribution < 1.29 is 29.0 Å². The predicted molar refractivity (Wildman–Crippen MR) is 189 cm³/mol. The molecule has 0 saturated carbocycles. The Labute approximate surface area is 293 Å². The molecule has 1 fully saturated rings. The third-order valence-electron chi connectivity index (χ3n) is 9.52. The predicted octanol–water partition coefficient (Wildman–Crippen LogP) is 7.99.